The zero-order valence-electron chi connectivity index (χ0n) is 17.8. The van der Waals surface area contributed by atoms with Crippen LogP contribution in [0.15, 0.2) is 72.3 Å². The van der Waals surface area contributed by atoms with Gasteiger partial charge in [-0.2, -0.15) is 0 Å². The Balaban J connectivity index is 1.79. The van der Waals surface area contributed by atoms with E-state index in [-0.39, 0.29) is 6.29 Å². The van der Waals surface area contributed by atoms with Gasteiger partial charge in [0.1, 0.15) is 0 Å². The van der Waals surface area contributed by atoms with E-state index < -0.39 is 0 Å². The van der Waals surface area contributed by atoms with Crippen LogP contribution < -0.4 is 0 Å². The Labute approximate surface area is 171 Å². The molecule has 2 nitrogen and oxygen atoms in total. The van der Waals surface area contributed by atoms with Crippen LogP contribution in [0.3, 0.4) is 0 Å². The number of hydrogen-bond acceptors (Lipinski definition) is 2. The third-order valence-electron chi connectivity index (χ3n) is 4.88. The first-order valence-electron chi connectivity index (χ1n) is 10.6. The quantitative estimate of drug-likeness (QED) is 0.288. The topological polar surface area (TPSA) is 18.5 Å². The van der Waals surface area contributed by atoms with Crippen LogP contribution in [0.1, 0.15) is 51.2 Å². The lowest BCUT2D eigenvalue weighted by atomic mass is 10.0. The van der Waals surface area contributed by atoms with E-state index in [0.717, 1.165) is 25.7 Å². The summed E-state index contributed by atoms with van der Waals surface area (Å²) >= 11 is 0. The van der Waals surface area contributed by atoms with Gasteiger partial charge in [0.2, 0.25) is 0 Å². The Morgan fingerprint density at radius 1 is 0.821 bits per heavy atom. The fourth-order valence-corrected chi connectivity index (χ4v) is 3.19. The summed E-state index contributed by atoms with van der Waals surface area (Å²) in [5.41, 5.74) is 4.01. The van der Waals surface area contributed by atoms with Gasteiger partial charge < -0.3 is 9.47 Å². The molecular weight excluding hydrogens is 344 g/mol. The van der Waals surface area contributed by atoms with Crippen LogP contribution >= 0.6 is 0 Å². The predicted octanol–water partition coefficient (Wildman–Crippen LogP) is 6.60. The zero-order chi connectivity index (χ0) is 20.0. The summed E-state index contributed by atoms with van der Waals surface area (Å²) in [6, 6.07) is 21.0. The van der Waals surface area contributed by atoms with Crippen LogP contribution in [0.25, 0.3) is 0 Å². The first kappa shape index (κ1) is 22.4. The zero-order valence-corrected chi connectivity index (χ0v) is 17.8. The van der Waals surface area contributed by atoms with E-state index in [1.807, 2.05) is 12.1 Å². The molecule has 0 unspecified atom stereocenters. The molecule has 2 aromatic rings. The maximum Gasteiger partial charge on any atom is 0.157 e. The van der Waals surface area contributed by atoms with Crippen molar-refractivity contribution in [2.24, 2.45) is 5.92 Å². The monoisotopic (exact) mass is 380 g/mol. The van der Waals surface area contributed by atoms with Gasteiger partial charge in [-0.25, -0.2) is 0 Å². The molecule has 2 aromatic carbocycles. The Morgan fingerprint density at radius 2 is 1.32 bits per heavy atom. The van der Waals surface area contributed by atoms with E-state index in [1.165, 1.54) is 23.1 Å². The highest BCUT2D eigenvalue weighted by atomic mass is 16.7. The molecule has 0 aromatic heterocycles. The molecule has 0 fully saturated rings. The highest BCUT2D eigenvalue weighted by Gasteiger charge is 2.14. The molecular formula is C26H36O2. The molecule has 0 amide bonds. The van der Waals surface area contributed by atoms with Gasteiger partial charge in [0, 0.05) is 6.42 Å². The van der Waals surface area contributed by atoms with Crippen molar-refractivity contribution in [3.63, 3.8) is 0 Å². The summed E-state index contributed by atoms with van der Waals surface area (Å²) < 4.78 is 12.3. The third-order valence-corrected chi connectivity index (χ3v) is 4.88. The molecule has 0 N–H and O–H groups in total. The average molecular weight is 381 g/mol. The molecule has 0 spiro atoms. The molecule has 0 aliphatic rings. The van der Waals surface area contributed by atoms with Crippen molar-refractivity contribution < 1.29 is 9.47 Å². The van der Waals surface area contributed by atoms with Crippen molar-refractivity contribution >= 4 is 0 Å². The highest BCUT2D eigenvalue weighted by molar-refractivity contribution is 5.15. The van der Waals surface area contributed by atoms with Crippen molar-refractivity contribution in [2.45, 2.75) is 59.2 Å². The van der Waals surface area contributed by atoms with E-state index >= 15 is 0 Å². The second kappa shape index (κ2) is 13.3. The van der Waals surface area contributed by atoms with Crippen LogP contribution in [-0.2, 0) is 22.3 Å². The third kappa shape index (κ3) is 9.87. The molecule has 2 rings (SSSR count). The van der Waals surface area contributed by atoms with Crippen molar-refractivity contribution in [3.8, 4) is 0 Å². The first-order chi connectivity index (χ1) is 13.6. The maximum atomic E-state index is 6.14. The molecule has 0 saturated carbocycles. The predicted molar refractivity (Wildman–Crippen MR) is 118 cm³/mol. The van der Waals surface area contributed by atoms with Crippen LogP contribution in [-0.4, -0.2) is 19.5 Å². The van der Waals surface area contributed by atoms with Gasteiger partial charge >= 0.3 is 0 Å². The van der Waals surface area contributed by atoms with E-state index in [4.69, 9.17) is 9.47 Å². The molecule has 0 bridgehead atoms. The largest absolute Gasteiger partial charge is 0.352 e. The second-order valence-corrected chi connectivity index (χ2v) is 7.84. The van der Waals surface area contributed by atoms with E-state index in [9.17, 15) is 0 Å². The SMILES string of the molecule is CC(C)=CCC[C@@H](C)CC(OCCc1ccccc1)OCCc1ccccc1. The lowest BCUT2D eigenvalue weighted by molar-refractivity contribution is -0.150. The smallest absolute Gasteiger partial charge is 0.157 e. The van der Waals surface area contributed by atoms with Crippen LogP contribution in [0.5, 0.6) is 0 Å². The average Bonchev–Trinajstić information content (AvgIpc) is 2.69. The van der Waals surface area contributed by atoms with Gasteiger partial charge in [-0.15, -0.1) is 0 Å². The second-order valence-electron chi connectivity index (χ2n) is 7.84. The van der Waals surface area contributed by atoms with Gasteiger partial charge in [0.05, 0.1) is 13.2 Å². The summed E-state index contributed by atoms with van der Waals surface area (Å²) in [5, 5.41) is 0. The van der Waals surface area contributed by atoms with Crippen LogP contribution in [0.4, 0.5) is 0 Å². The van der Waals surface area contributed by atoms with E-state index in [2.05, 4.69) is 75.4 Å². The number of allylic oxidation sites excluding steroid dienone is 2. The molecule has 0 aliphatic heterocycles. The summed E-state index contributed by atoms with van der Waals surface area (Å²) in [6.45, 7) is 8.01. The van der Waals surface area contributed by atoms with Crippen molar-refractivity contribution in [2.75, 3.05) is 13.2 Å². The molecule has 0 saturated heterocycles. The van der Waals surface area contributed by atoms with Crippen molar-refractivity contribution in [1.29, 1.82) is 0 Å². The number of benzene rings is 2. The molecule has 0 heterocycles. The van der Waals surface area contributed by atoms with Crippen molar-refractivity contribution in [3.05, 3.63) is 83.4 Å². The summed E-state index contributed by atoms with van der Waals surface area (Å²) in [5.74, 6) is 0.578. The lowest BCUT2D eigenvalue weighted by Crippen LogP contribution is -2.23. The Morgan fingerprint density at radius 3 is 1.79 bits per heavy atom. The van der Waals surface area contributed by atoms with Gasteiger partial charge in [-0.1, -0.05) is 79.2 Å². The minimum absolute atomic E-state index is 0.130. The lowest BCUT2D eigenvalue weighted by Gasteiger charge is -2.22. The number of rotatable bonds is 13. The minimum Gasteiger partial charge on any atom is -0.352 e. The number of ether oxygens (including phenoxy) is 2. The van der Waals surface area contributed by atoms with Gasteiger partial charge in [0.25, 0.3) is 0 Å². The fourth-order valence-electron chi connectivity index (χ4n) is 3.19. The Hall–Kier alpha value is -1.90. The molecule has 1 atom stereocenters. The number of hydrogen-bond donors (Lipinski definition) is 0. The van der Waals surface area contributed by atoms with Crippen LogP contribution in [0.2, 0.25) is 0 Å². The Bertz CT molecular complexity index is 614. The normalized spacial score (nSPS) is 12.1. The molecule has 0 radical (unpaired) electrons. The molecule has 152 valence electrons. The van der Waals surface area contributed by atoms with Gasteiger partial charge in [-0.3, -0.25) is 0 Å². The molecule has 2 heteroatoms. The standard InChI is InChI=1S/C26H36O2/c1-22(2)11-10-12-23(3)21-26(27-19-17-24-13-6-4-7-14-24)28-20-18-25-15-8-5-9-16-25/h4-9,11,13-16,23,26H,10,12,17-21H2,1-3H3/t23-/m1/s1. The molecule has 0 aliphatic carbocycles. The maximum absolute atomic E-state index is 6.14. The minimum atomic E-state index is -0.130. The van der Waals surface area contributed by atoms with E-state index in [1.54, 1.807) is 0 Å². The van der Waals surface area contributed by atoms with Gasteiger partial charge in [-0.05, 0) is 56.6 Å². The summed E-state index contributed by atoms with van der Waals surface area (Å²) in [4.78, 5) is 0. The molecule has 28 heavy (non-hydrogen) atoms. The van der Waals surface area contributed by atoms with Gasteiger partial charge in [0.15, 0.2) is 6.29 Å². The highest BCUT2D eigenvalue weighted by Crippen LogP contribution is 2.18. The van der Waals surface area contributed by atoms with Crippen molar-refractivity contribution in [1.82, 2.24) is 0 Å². The first-order valence-corrected chi connectivity index (χ1v) is 10.6. The van der Waals surface area contributed by atoms with E-state index in [0.29, 0.717) is 19.1 Å². The Kier molecular flexibility index (Phi) is 10.6. The fraction of sp³-hybridized carbons (Fsp3) is 0.462. The summed E-state index contributed by atoms with van der Waals surface area (Å²) in [7, 11) is 0. The summed E-state index contributed by atoms with van der Waals surface area (Å²) in [6.07, 6.45) is 7.28. The van der Waals surface area contributed by atoms with Crippen LogP contribution in [0, 0.1) is 5.92 Å².